The lowest BCUT2D eigenvalue weighted by Gasteiger charge is -1.98. The fraction of sp³-hybridized carbons (Fsp3) is 0.625. The molecule has 0 aliphatic carbocycles. The second-order valence-corrected chi connectivity index (χ2v) is 3.55. The van der Waals surface area contributed by atoms with E-state index in [9.17, 15) is 0 Å². The molecular formula is C8H13ClN2. The Morgan fingerprint density at radius 3 is 2.91 bits per heavy atom. The fourth-order valence-corrected chi connectivity index (χ4v) is 1.05. The van der Waals surface area contributed by atoms with E-state index in [-0.39, 0.29) is 5.38 Å². The summed E-state index contributed by atoms with van der Waals surface area (Å²) in [5, 5.41) is 4.49. The molecule has 0 aliphatic heterocycles. The molecule has 0 aromatic carbocycles. The zero-order valence-corrected chi connectivity index (χ0v) is 7.67. The number of aryl methyl sites for hydroxylation is 2. The summed E-state index contributed by atoms with van der Waals surface area (Å²) >= 11 is 5.80. The van der Waals surface area contributed by atoms with Crippen LogP contribution in [-0.4, -0.2) is 15.2 Å². The average molecular weight is 173 g/mol. The van der Waals surface area contributed by atoms with Crippen molar-refractivity contribution in [3.05, 3.63) is 18.0 Å². The van der Waals surface area contributed by atoms with Gasteiger partial charge in [-0.1, -0.05) is 0 Å². The maximum atomic E-state index is 5.80. The van der Waals surface area contributed by atoms with Crippen molar-refractivity contribution in [2.75, 3.05) is 0 Å². The molecule has 1 aromatic rings. The first-order chi connectivity index (χ1) is 5.18. The van der Waals surface area contributed by atoms with Gasteiger partial charge in [0.05, 0.1) is 5.69 Å². The summed E-state index contributed by atoms with van der Waals surface area (Å²) in [4.78, 5) is 0. The molecule has 0 saturated heterocycles. The van der Waals surface area contributed by atoms with Gasteiger partial charge in [-0.25, -0.2) is 0 Å². The highest BCUT2D eigenvalue weighted by Gasteiger charge is 1.99. The predicted molar refractivity (Wildman–Crippen MR) is 46.8 cm³/mol. The van der Waals surface area contributed by atoms with E-state index in [4.69, 9.17) is 11.6 Å². The Hall–Kier alpha value is -0.500. The summed E-state index contributed by atoms with van der Waals surface area (Å²) in [5.41, 5.74) is 1.13. The van der Waals surface area contributed by atoms with E-state index in [1.807, 2.05) is 30.9 Å². The lowest BCUT2D eigenvalue weighted by molar-refractivity contribution is 0.716. The normalized spacial score (nSPS) is 13.4. The molecule has 0 fully saturated rings. The molecule has 1 unspecified atom stereocenters. The highest BCUT2D eigenvalue weighted by atomic mass is 35.5. The lowest BCUT2D eigenvalue weighted by Crippen LogP contribution is -1.96. The number of aromatic nitrogens is 2. The Balaban J connectivity index is 2.39. The van der Waals surface area contributed by atoms with E-state index in [2.05, 4.69) is 5.10 Å². The minimum atomic E-state index is 0.247. The van der Waals surface area contributed by atoms with Crippen molar-refractivity contribution in [1.29, 1.82) is 0 Å². The van der Waals surface area contributed by atoms with Crippen molar-refractivity contribution >= 4 is 11.6 Å². The van der Waals surface area contributed by atoms with Crippen molar-refractivity contribution in [3.8, 4) is 0 Å². The van der Waals surface area contributed by atoms with Gasteiger partial charge in [0.25, 0.3) is 0 Å². The molecule has 0 bridgehead atoms. The molecule has 0 amide bonds. The van der Waals surface area contributed by atoms with Gasteiger partial charge in [0.1, 0.15) is 0 Å². The minimum Gasteiger partial charge on any atom is -0.276 e. The van der Waals surface area contributed by atoms with E-state index in [0.717, 1.165) is 18.5 Å². The van der Waals surface area contributed by atoms with Crippen molar-refractivity contribution in [2.45, 2.75) is 25.1 Å². The molecule has 0 N–H and O–H groups in total. The number of alkyl halides is 1. The summed E-state index contributed by atoms with van der Waals surface area (Å²) in [7, 11) is 1.92. The van der Waals surface area contributed by atoms with Crippen LogP contribution in [0.1, 0.15) is 19.0 Å². The van der Waals surface area contributed by atoms with Gasteiger partial charge in [-0.15, -0.1) is 11.6 Å². The Bertz CT molecular complexity index is 218. The Morgan fingerprint density at radius 2 is 2.45 bits per heavy atom. The van der Waals surface area contributed by atoms with Crippen LogP contribution in [0.4, 0.5) is 0 Å². The fourth-order valence-electron chi connectivity index (χ4n) is 0.943. The molecule has 2 nitrogen and oxygen atoms in total. The average Bonchev–Trinajstić information content (AvgIpc) is 2.31. The topological polar surface area (TPSA) is 17.8 Å². The van der Waals surface area contributed by atoms with Gasteiger partial charge >= 0.3 is 0 Å². The van der Waals surface area contributed by atoms with Crippen LogP contribution in [0, 0.1) is 0 Å². The third-order valence-electron chi connectivity index (χ3n) is 1.57. The lowest BCUT2D eigenvalue weighted by atomic mass is 10.2. The van der Waals surface area contributed by atoms with Crippen molar-refractivity contribution < 1.29 is 0 Å². The van der Waals surface area contributed by atoms with Crippen LogP contribution in [0.2, 0.25) is 0 Å². The van der Waals surface area contributed by atoms with Crippen LogP contribution < -0.4 is 0 Å². The van der Waals surface area contributed by atoms with Crippen LogP contribution >= 0.6 is 11.6 Å². The van der Waals surface area contributed by atoms with E-state index in [1.54, 1.807) is 0 Å². The zero-order valence-electron chi connectivity index (χ0n) is 6.92. The summed E-state index contributed by atoms with van der Waals surface area (Å²) < 4.78 is 1.81. The molecule has 0 saturated carbocycles. The van der Waals surface area contributed by atoms with E-state index < -0.39 is 0 Å². The van der Waals surface area contributed by atoms with Crippen LogP contribution in [-0.2, 0) is 13.5 Å². The monoisotopic (exact) mass is 172 g/mol. The number of hydrogen-bond donors (Lipinski definition) is 0. The first kappa shape index (κ1) is 8.60. The summed E-state index contributed by atoms with van der Waals surface area (Å²) in [6.07, 6.45) is 3.93. The van der Waals surface area contributed by atoms with Crippen LogP contribution in [0.15, 0.2) is 12.3 Å². The van der Waals surface area contributed by atoms with E-state index in [0.29, 0.717) is 0 Å². The van der Waals surface area contributed by atoms with E-state index >= 15 is 0 Å². The maximum Gasteiger partial charge on any atom is 0.0625 e. The minimum absolute atomic E-state index is 0.247. The molecule has 11 heavy (non-hydrogen) atoms. The Labute approximate surface area is 72.2 Å². The molecule has 62 valence electrons. The molecule has 1 heterocycles. The zero-order chi connectivity index (χ0) is 8.27. The second-order valence-electron chi connectivity index (χ2n) is 2.80. The predicted octanol–water partition coefficient (Wildman–Crippen LogP) is 1.98. The van der Waals surface area contributed by atoms with Gasteiger partial charge in [-0.2, -0.15) is 5.10 Å². The van der Waals surface area contributed by atoms with Gasteiger partial charge in [0.15, 0.2) is 0 Å². The van der Waals surface area contributed by atoms with Crippen molar-refractivity contribution in [2.24, 2.45) is 7.05 Å². The van der Waals surface area contributed by atoms with Gasteiger partial charge in [0, 0.05) is 18.6 Å². The molecule has 1 atom stereocenters. The highest BCUT2D eigenvalue weighted by molar-refractivity contribution is 6.20. The van der Waals surface area contributed by atoms with Gasteiger partial charge < -0.3 is 0 Å². The standard InChI is InChI=1S/C8H13ClN2/c1-7(9)3-4-8-5-6-11(2)10-8/h5-7H,3-4H2,1-2H3. The smallest absolute Gasteiger partial charge is 0.0625 e. The second kappa shape index (κ2) is 3.77. The Morgan fingerprint density at radius 1 is 1.73 bits per heavy atom. The molecule has 3 heteroatoms. The number of hydrogen-bond acceptors (Lipinski definition) is 1. The number of rotatable bonds is 3. The van der Waals surface area contributed by atoms with Crippen molar-refractivity contribution in [3.63, 3.8) is 0 Å². The summed E-state index contributed by atoms with van der Waals surface area (Å²) in [5.74, 6) is 0. The molecule has 1 rings (SSSR count). The summed E-state index contributed by atoms with van der Waals surface area (Å²) in [6.45, 7) is 2.00. The van der Waals surface area contributed by atoms with Gasteiger partial charge in [0.2, 0.25) is 0 Å². The number of halogens is 1. The third kappa shape index (κ3) is 2.93. The largest absolute Gasteiger partial charge is 0.276 e. The Kier molecular flexibility index (Phi) is 2.94. The third-order valence-corrected chi connectivity index (χ3v) is 1.79. The molecular weight excluding hydrogens is 160 g/mol. The van der Waals surface area contributed by atoms with Crippen molar-refractivity contribution in [1.82, 2.24) is 9.78 Å². The van der Waals surface area contributed by atoms with Crippen LogP contribution in [0.5, 0.6) is 0 Å². The van der Waals surface area contributed by atoms with Gasteiger partial charge in [-0.05, 0) is 25.8 Å². The van der Waals surface area contributed by atoms with Crippen LogP contribution in [0.3, 0.4) is 0 Å². The first-order valence-electron chi connectivity index (χ1n) is 3.81. The first-order valence-corrected chi connectivity index (χ1v) is 4.24. The molecule has 0 spiro atoms. The molecule has 1 aromatic heterocycles. The number of nitrogens with zero attached hydrogens (tertiary/aromatic N) is 2. The molecule has 0 aliphatic rings. The van der Waals surface area contributed by atoms with E-state index in [1.165, 1.54) is 0 Å². The van der Waals surface area contributed by atoms with Gasteiger partial charge in [-0.3, -0.25) is 4.68 Å². The van der Waals surface area contributed by atoms with Crippen LogP contribution in [0.25, 0.3) is 0 Å². The highest BCUT2D eigenvalue weighted by Crippen LogP contribution is 2.05. The SMILES string of the molecule is CC(Cl)CCc1ccn(C)n1. The maximum absolute atomic E-state index is 5.80. The molecule has 0 radical (unpaired) electrons. The quantitative estimate of drug-likeness (QED) is 0.638. The summed E-state index contributed by atoms with van der Waals surface area (Å²) in [6, 6.07) is 2.03.